The Balaban J connectivity index is 1.65. The first-order valence-electron chi connectivity index (χ1n) is 7.24. The van der Waals surface area contributed by atoms with Crippen molar-refractivity contribution in [3.05, 3.63) is 0 Å². The molecule has 6 rings (SSSR count). The van der Waals surface area contributed by atoms with E-state index in [1.165, 1.54) is 25.7 Å². The van der Waals surface area contributed by atoms with Crippen LogP contribution in [0.1, 0.15) is 32.1 Å². The van der Waals surface area contributed by atoms with Crippen molar-refractivity contribution in [3.63, 3.8) is 0 Å². The van der Waals surface area contributed by atoms with E-state index in [0.29, 0.717) is 17.8 Å². The Bertz CT molecular complexity index is 399. The van der Waals surface area contributed by atoms with E-state index < -0.39 is 4.33 Å². The minimum absolute atomic E-state index is 0.105. The maximum Gasteiger partial charge on any atom is 0.174 e. The molecule has 0 aromatic heterocycles. The zero-order chi connectivity index (χ0) is 12.2. The Morgan fingerprint density at radius 2 is 1.56 bits per heavy atom. The second-order valence-corrected chi connectivity index (χ2v) is 8.58. The van der Waals surface area contributed by atoms with E-state index in [4.69, 9.17) is 32.7 Å². The van der Waals surface area contributed by atoms with Crippen molar-refractivity contribution < 1.29 is 9.47 Å². The zero-order valence-electron chi connectivity index (χ0n) is 10.3. The van der Waals surface area contributed by atoms with Crippen LogP contribution in [0.3, 0.4) is 0 Å². The first kappa shape index (κ1) is 11.2. The predicted molar refractivity (Wildman–Crippen MR) is 68.6 cm³/mol. The fourth-order valence-corrected chi connectivity index (χ4v) is 7.05. The van der Waals surface area contributed by atoms with Gasteiger partial charge in [-0.1, -0.05) is 0 Å². The molecule has 4 heteroatoms. The Morgan fingerprint density at radius 3 is 2.22 bits per heavy atom. The molecule has 5 atom stereocenters. The molecule has 1 saturated heterocycles. The Labute approximate surface area is 117 Å². The summed E-state index contributed by atoms with van der Waals surface area (Å²) in [4.78, 5) is 0. The second-order valence-electron chi connectivity index (χ2n) is 7.10. The third-order valence-corrected chi connectivity index (χ3v) is 7.56. The van der Waals surface area contributed by atoms with Crippen molar-refractivity contribution in [1.29, 1.82) is 0 Å². The molecule has 18 heavy (non-hydrogen) atoms. The van der Waals surface area contributed by atoms with Crippen LogP contribution < -0.4 is 0 Å². The maximum atomic E-state index is 6.56. The number of ether oxygens (including phenoxy) is 2. The van der Waals surface area contributed by atoms with E-state index in [-0.39, 0.29) is 11.2 Å². The lowest BCUT2D eigenvalue weighted by atomic mass is 9.47. The summed E-state index contributed by atoms with van der Waals surface area (Å²) in [5, 5.41) is 0. The summed E-state index contributed by atoms with van der Waals surface area (Å²) < 4.78 is 11.8. The Kier molecular flexibility index (Phi) is 1.90. The first-order chi connectivity index (χ1) is 8.58. The molecule has 0 aromatic rings. The van der Waals surface area contributed by atoms with Gasteiger partial charge in [-0.15, -0.1) is 23.2 Å². The fraction of sp³-hybridized carbons (Fsp3) is 1.00. The van der Waals surface area contributed by atoms with Crippen LogP contribution in [-0.4, -0.2) is 23.3 Å². The molecule has 1 heterocycles. The SMILES string of the molecule is ClC1(Cl)C[C@@]12[C@H]1C[C@@H]3C[C@H](C1)C1(OCCO1)[C@H]2C3. The van der Waals surface area contributed by atoms with Crippen LogP contribution in [-0.2, 0) is 9.47 Å². The summed E-state index contributed by atoms with van der Waals surface area (Å²) in [5.74, 6) is 2.30. The summed E-state index contributed by atoms with van der Waals surface area (Å²) in [7, 11) is 0. The van der Waals surface area contributed by atoms with Gasteiger partial charge in [0.15, 0.2) is 5.79 Å². The number of rotatable bonds is 0. The monoisotopic (exact) mass is 288 g/mol. The normalized spacial score (nSPS) is 57.7. The average Bonchev–Trinajstić information content (AvgIpc) is 2.73. The summed E-state index contributed by atoms with van der Waals surface area (Å²) in [6, 6.07) is 0. The second kappa shape index (κ2) is 3.05. The number of alkyl halides is 2. The molecule has 0 N–H and O–H groups in total. The molecule has 0 radical (unpaired) electrons. The third kappa shape index (κ3) is 1.01. The van der Waals surface area contributed by atoms with Gasteiger partial charge in [-0.05, 0) is 43.9 Å². The lowest BCUT2D eigenvalue weighted by Crippen LogP contribution is -2.64. The van der Waals surface area contributed by atoms with Crippen LogP contribution in [0.25, 0.3) is 0 Å². The van der Waals surface area contributed by atoms with E-state index in [1.54, 1.807) is 0 Å². The smallest absolute Gasteiger partial charge is 0.174 e. The van der Waals surface area contributed by atoms with E-state index in [9.17, 15) is 0 Å². The Hall–Kier alpha value is 0.500. The van der Waals surface area contributed by atoms with Crippen molar-refractivity contribution in [3.8, 4) is 0 Å². The fourth-order valence-electron chi connectivity index (χ4n) is 6.04. The molecule has 0 amide bonds. The standard InChI is InChI=1S/C14H18Cl2O2/c15-13(16)7-12(13)9-3-8-4-10(6-9)14(11(12)5-8)17-1-2-18-14/h8-11H,1-7H2/t8-,9+,10-,11+,12+/m1/s1. The lowest BCUT2D eigenvalue weighted by Gasteiger charge is -2.62. The van der Waals surface area contributed by atoms with Gasteiger partial charge in [0.2, 0.25) is 0 Å². The van der Waals surface area contributed by atoms with Crippen molar-refractivity contribution >= 4 is 23.2 Å². The molecule has 2 spiro atoms. The van der Waals surface area contributed by atoms with Gasteiger partial charge in [-0.3, -0.25) is 0 Å². The highest BCUT2D eigenvalue weighted by Gasteiger charge is 2.82. The van der Waals surface area contributed by atoms with Gasteiger partial charge >= 0.3 is 0 Å². The van der Waals surface area contributed by atoms with Gasteiger partial charge in [-0.2, -0.15) is 0 Å². The highest BCUT2D eigenvalue weighted by atomic mass is 35.5. The quantitative estimate of drug-likeness (QED) is 0.637. The van der Waals surface area contributed by atoms with E-state index in [2.05, 4.69) is 0 Å². The third-order valence-electron chi connectivity index (χ3n) is 6.59. The van der Waals surface area contributed by atoms with E-state index in [0.717, 1.165) is 25.6 Å². The van der Waals surface area contributed by atoms with Crippen LogP contribution in [0.2, 0.25) is 0 Å². The minimum Gasteiger partial charge on any atom is -0.347 e. The lowest BCUT2D eigenvalue weighted by molar-refractivity contribution is -0.311. The molecule has 0 unspecified atom stereocenters. The number of halogens is 2. The van der Waals surface area contributed by atoms with E-state index >= 15 is 0 Å². The molecule has 2 nitrogen and oxygen atoms in total. The van der Waals surface area contributed by atoms with Gasteiger partial charge < -0.3 is 9.47 Å². The largest absolute Gasteiger partial charge is 0.347 e. The number of hydrogen-bond donors (Lipinski definition) is 0. The average molecular weight is 289 g/mol. The molecule has 100 valence electrons. The van der Waals surface area contributed by atoms with Gasteiger partial charge in [0.25, 0.3) is 0 Å². The summed E-state index contributed by atoms with van der Waals surface area (Å²) in [5.41, 5.74) is 0.105. The molecule has 5 saturated carbocycles. The van der Waals surface area contributed by atoms with Crippen LogP contribution in [0, 0.1) is 29.1 Å². The highest BCUT2D eigenvalue weighted by Crippen LogP contribution is 2.82. The minimum atomic E-state index is -0.516. The van der Waals surface area contributed by atoms with Crippen LogP contribution in [0.15, 0.2) is 0 Å². The van der Waals surface area contributed by atoms with Crippen molar-refractivity contribution in [2.75, 3.05) is 13.2 Å². The topological polar surface area (TPSA) is 18.5 Å². The van der Waals surface area contributed by atoms with Gasteiger partial charge in [0.1, 0.15) is 4.33 Å². The van der Waals surface area contributed by atoms with E-state index in [1.807, 2.05) is 0 Å². The van der Waals surface area contributed by atoms with Crippen molar-refractivity contribution in [2.24, 2.45) is 29.1 Å². The maximum absolute atomic E-state index is 6.56. The molecular formula is C14H18Cl2O2. The van der Waals surface area contributed by atoms with Gasteiger partial charge in [-0.25, -0.2) is 0 Å². The van der Waals surface area contributed by atoms with Crippen molar-refractivity contribution in [1.82, 2.24) is 0 Å². The summed E-state index contributed by atoms with van der Waals surface area (Å²) in [6.07, 6.45) is 6.01. The zero-order valence-corrected chi connectivity index (χ0v) is 11.8. The molecular weight excluding hydrogens is 271 g/mol. The molecule has 4 bridgehead atoms. The predicted octanol–water partition coefficient (Wildman–Crippen LogP) is 3.36. The Morgan fingerprint density at radius 1 is 0.889 bits per heavy atom. The van der Waals surface area contributed by atoms with Crippen molar-refractivity contribution in [2.45, 2.75) is 42.2 Å². The van der Waals surface area contributed by atoms with Crippen LogP contribution in [0.4, 0.5) is 0 Å². The summed E-state index contributed by atoms with van der Waals surface area (Å²) in [6.45, 7) is 1.49. The molecule has 6 aliphatic rings. The first-order valence-corrected chi connectivity index (χ1v) is 8.00. The van der Waals surface area contributed by atoms with Gasteiger partial charge in [0, 0.05) is 17.3 Å². The van der Waals surface area contributed by atoms with Crippen LogP contribution >= 0.6 is 23.2 Å². The van der Waals surface area contributed by atoms with Gasteiger partial charge in [0.05, 0.1) is 13.2 Å². The molecule has 5 aliphatic carbocycles. The molecule has 1 aliphatic heterocycles. The molecule has 6 fully saturated rings. The summed E-state index contributed by atoms with van der Waals surface area (Å²) >= 11 is 13.1. The highest BCUT2D eigenvalue weighted by molar-refractivity contribution is 6.51. The number of hydrogen-bond acceptors (Lipinski definition) is 2. The molecule has 0 aromatic carbocycles. The van der Waals surface area contributed by atoms with Crippen LogP contribution in [0.5, 0.6) is 0 Å².